The molecule has 4 heterocycles. The van der Waals surface area contributed by atoms with Crippen LogP contribution in [0.2, 0.25) is 0 Å². The third-order valence-electron chi connectivity index (χ3n) is 5.09. The van der Waals surface area contributed by atoms with Crippen LogP contribution >= 0.6 is 0 Å². The number of benzene rings is 1. The van der Waals surface area contributed by atoms with Crippen LogP contribution in [-0.2, 0) is 0 Å². The SMILES string of the molecule is COc1ccc(-c2nc3c4c(C)c(C)n(-c5cccnc5)c4ncn3n2)cc1. The Labute approximate surface area is 161 Å². The summed E-state index contributed by atoms with van der Waals surface area (Å²) in [5.74, 6) is 1.46. The van der Waals surface area contributed by atoms with E-state index in [1.54, 1.807) is 24.1 Å². The first-order valence-electron chi connectivity index (χ1n) is 8.95. The topological polar surface area (TPSA) is 70.1 Å². The van der Waals surface area contributed by atoms with Crippen molar-refractivity contribution in [3.63, 3.8) is 0 Å². The molecule has 0 amide bonds. The highest BCUT2D eigenvalue weighted by Crippen LogP contribution is 2.30. The molecule has 0 bridgehead atoms. The first-order valence-corrected chi connectivity index (χ1v) is 8.95. The lowest BCUT2D eigenvalue weighted by molar-refractivity contribution is 0.415. The third-order valence-corrected chi connectivity index (χ3v) is 5.09. The van der Waals surface area contributed by atoms with Gasteiger partial charge in [-0.05, 0) is 55.8 Å². The van der Waals surface area contributed by atoms with E-state index in [0.717, 1.165) is 44.9 Å². The molecule has 0 saturated heterocycles. The second-order valence-electron chi connectivity index (χ2n) is 6.63. The highest BCUT2D eigenvalue weighted by Gasteiger charge is 2.19. The minimum atomic E-state index is 0.656. The number of aryl methyl sites for hydroxylation is 1. The molecular weight excluding hydrogens is 352 g/mol. The Morgan fingerprint density at radius 2 is 1.82 bits per heavy atom. The number of nitrogens with zero attached hydrogens (tertiary/aromatic N) is 6. The number of pyridine rings is 1. The first kappa shape index (κ1) is 16.4. The van der Waals surface area contributed by atoms with Gasteiger partial charge in [-0.2, -0.15) is 0 Å². The number of aromatic nitrogens is 6. The van der Waals surface area contributed by atoms with Gasteiger partial charge in [0.2, 0.25) is 0 Å². The second-order valence-corrected chi connectivity index (χ2v) is 6.63. The standard InChI is InChI=1S/C21H18N6O/c1-13-14(2)27(16-5-4-10-22-11-16)20-18(13)21-24-19(25-26(21)12-23-20)15-6-8-17(28-3)9-7-15/h4-12H,1-3H3. The summed E-state index contributed by atoms with van der Waals surface area (Å²) in [6.45, 7) is 4.18. The average molecular weight is 370 g/mol. The number of hydrogen-bond donors (Lipinski definition) is 0. The van der Waals surface area contributed by atoms with Gasteiger partial charge >= 0.3 is 0 Å². The molecular formula is C21H18N6O. The Kier molecular flexibility index (Phi) is 3.61. The van der Waals surface area contributed by atoms with E-state index in [0.29, 0.717) is 5.82 Å². The number of ether oxygens (including phenoxy) is 1. The van der Waals surface area contributed by atoms with Gasteiger partial charge in [0.1, 0.15) is 12.1 Å². The Bertz CT molecular complexity index is 1300. The van der Waals surface area contributed by atoms with E-state index in [1.807, 2.05) is 42.6 Å². The van der Waals surface area contributed by atoms with Crippen molar-refractivity contribution in [1.29, 1.82) is 0 Å². The van der Waals surface area contributed by atoms with Crippen molar-refractivity contribution in [2.45, 2.75) is 13.8 Å². The van der Waals surface area contributed by atoms with Crippen molar-refractivity contribution in [3.05, 3.63) is 66.4 Å². The predicted octanol–water partition coefficient (Wildman–Crippen LogP) is 3.76. The lowest BCUT2D eigenvalue weighted by Crippen LogP contribution is -1.99. The van der Waals surface area contributed by atoms with Gasteiger partial charge in [-0.15, -0.1) is 5.10 Å². The second kappa shape index (κ2) is 6.16. The van der Waals surface area contributed by atoms with Gasteiger partial charge in [0.15, 0.2) is 17.1 Å². The fourth-order valence-corrected chi connectivity index (χ4v) is 3.52. The maximum absolute atomic E-state index is 5.23. The summed E-state index contributed by atoms with van der Waals surface area (Å²) < 4.78 is 9.08. The molecule has 7 heteroatoms. The van der Waals surface area contributed by atoms with E-state index >= 15 is 0 Å². The summed E-state index contributed by atoms with van der Waals surface area (Å²) in [5, 5.41) is 5.62. The van der Waals surface area contributed by atoms with Crippen molar-refractivity contribution in [1.82, 2.24) is 29.1 Å². The third kappa shape index (κ3) is 2.36. The molecule has 0 atom stereocenters. The molecule has 4 aromatic heterocycles. The van der Waals surface area contributed by atoms with Crippen LogP contribution < -0.4 is 4.74 Å². The van der Waals surface area contributed by atoms with Crippen molar-refractivity contribution < 1.29 is 4.74 Å². The monoisotopic (exact) mass is 370 g/mol. The van der Waals surface area contributed by atoms with Gasteiger partial charge in [0.05, 0.1) is 24.4 Å². The lowest BCUT2D eigenvalue weighted by atomic mass is 10.2. The molecule has 5 aromatic rings. The van der Waals surface area contributed by atoms with Crippen LogP contribution in [0.5, 0.6) is 5.75 Å². The van der Waals surface area contributed by atoms with Gasteiger partial charge in [-0.1, -0.05) is 0 Å². The molecule has 0 saturated carbocycles. The molecule has 0 radical (unpaired) electrons. The fourth-order valence-electron chi connectivity index (χ4n) is 3.52. The Morgan fingerprint density at radius 3 is 2.54 bits per heavy atom. The van der Waals surface area contributed by atoms with Crippen molar-refractivity contribution >= 4 is 16.7 Å². The zero-order valence-electron chi connectivity index (χ0n) is 15.8. The van der Waals surface area contributed by atoms with Gasteiger partial charge in [0, 0.05) is 17.5 Å². The lowest BCUT2D eigenvalue weighted by Gasteiger charge is -2.06. The molecule has 5 rings (SSSR count). The van der Waals surface area contributed by atoms with Crippen LogP contribution in [0.15, 0.2) is 55.1 Å². The van der Waals surface area contributed by atoms with E-state index in [9.17, 15) is 0 Å². The number of fused-ring (bicyclic) bond motifs is 3. The maximum atomic E-state index is 5.23. The maximum Gasteiger partial charge on any atom is 0.182 e. The summed E-state index contributed by atoms with van der Waals surface area (Å²) in [7, 11) is 1.65. The van der Waals surface area contributed by atoms with E-state index in [1.165, 1.54) is 0 Å². The van der Waals surface area contributed by atoms with Crippen LogP contribution in [0.1, 0.15) is 11.3 Å². The zero-order valence-corrected chi connectivity index (χ0v) is 15.8. The molecule has 0 aliphatic heterocycles. The fraction of sp³-hybridized carbons (Fsp3) is 0.143. The normalized spacial score (nSPS) is 11.4. The van der Waals surface area contributed by atoms with E-state index in [2.05, 4.69) is 33.5 Å². The van der Waals surface area contributed by atoms with Crippen molar-refractivity contribution in [3.8, 4) is 22.8 Å². The quantitative estimate of drug-likeness (QED) is 0.484. The molecule has 7 nitrogen and oxygen atoms in total. The first-order chi connectivity index (χ1) is 13.7. The molecule has 0 N–H and O–H groups in total. The van der Waals surface area contributed by atoms with Crippen molar-refractivity contribution in [2.24, 2.45) is 0 Å². The predicted molar refractivity (Wildman–Crippen MR) is 107 cm³/mol. The summed E-state index contributed by atoms with van der Waals surface area (Å²) in [6.07, 6.45) is 5.32. The van der Waals surface area contributed by atoms with E-state index in [4.69, 9.17) is 9.72 Å². The van der Waals surface area contributed by atoms with Crippen molar-refractivity contribution in [2.75, 3.05) is 7.11 Å². The van der Waals surface area contributed by atoms with Crippen LogP contribution in [-0.4, -0.2) is 36.2 Å². The molecule has 0 aliphatic rings. The molecule has 138 valence electrons. The van der Waals surface area contributed by atoms with Gasteiger partial charge in [-0.25, -0.2) is 14.5 Å². The summed E-state index contributed by atoms with van der Waals surface area (Å²) in [4.78, 5) is 13.7. The number of rotatable bonds is 3. The van der Waals surface area contributed by atoms with Gasteiger partial charge < -0.3 is 4.74 Å². The van der Waals surface area contributed by atoms with Gasteiger partial charge in [-0.3, -0.25) is 9.55 Å². The number of hydrogen-bond acceptors (Lipinski definition) is 5. The summed E-state index contributed by atoms with van der Waals surface area (Å²) >= 11 is 0. The zero-order chi connectivity index (χ0) is 19.3. The molecule has 28 heavy (non-hydrogen) atoms. The summed E-state index contributed by atoms with van der Waals surface area (Å²) in [5.41, 5.74) is 5.79. The highest BCUT2D eigenvalue weighted by atomic mass is 16.5. The number of methoxy groups -OCH3 is 1. The smallest absolute Gasteiger partial charge is 0.182 e. The molecule has 0 spiro atoms. The molecule has 0 fully saturated rings. The average Bonchev–Trinajstić information content (AvgIpc) is 3.28. The van der Waals surface area contributed by atoms with Crippen LogP contribution in [0.4, 0.5) is 0 Å². The minimum absolute atomic E-state index is 0.656. The van der Waals surface area contributed by atoms with E-state index in [-0.39, 0.29) is 0 Å². The van der Waals surface area contributed by atoms with Gasteiger partial charge in [0.25, 0.3) is 0 Å². The Morgan fingerprint density at radius 1 is 1.00 bits per heavy atom. The Hall–Kier alpha value is -3.74. The molecule has 0 unspecified atom stereocenters. The van der Waals surface area contributed by atoms with Crippen LogP contribution in [0.25, 0.3) is 33.8 Å². The van der Waals surface area contributed by atoms with E-state index < -0.39 is 0 Å². The summed E-state index contributed by atoms with van der Waals surface area (Å²) in [6, 6.07) is 11.7. The van der Waals surface area contributed by atoms with Crippen LogP contribution in [0, 0.1) is 13.8 Å². The van der Waals surface area contributed by atoms with Crippen LogP contribution in [0.3, 0.4) is 0 Å². The Balaban J connectivity index is 1.75. The minimum Gasteiger partial charge on any atom is -0.497 e. The molecule has 1 aromatic carbocycles. The highest BCUT2D eigenvalue weighted by molar-refractivity contribution is 5.95. The molecule has 0 aliphatic carbocycles. The largest absolute Gasteiger partial charge is 0.497 e.